The van der Waals surface area contributed by atoms with Gasteiger partial charge in [0.25, 0.3) is 0 Å². The summed E-state index contributed by atoms with van der Waals surface area (Å²) in [4.78, 5) is 21.9. The minimum absolute atomic E-state index is 0.0587. The Bertz CT molecular complexity index is 227. The molecule has 0 N–H and O–H groups in total. The van der Waals surface area contributed by atoms with Gasteiger partial charge in [-0.1, -0.05) is 26.2 Å². The van der Waals surface area contributed by atoms with Crippen molar-refractivity contribution < 1.29 is 23.8 Å². The van der Waals surface area contributed by atoms with Crippen molar-refractivity contribution in [3.63, 3.8) is 0 Å². The Morgan fingerprint density at radius 3 is 2.28 bits per heavy atom. The number of esters is 2. The fourth-order valence-electron chi connectivity index (χ4n) is 1.33. The van der Waals surface area contributed by atoms with Gasteiger partial charge in [-0.25, -0.2) is 0 Å². The Labute approximate surface area is 109 Å². The Morgan fingerprint density at radius 1 is 0.889 bits per heavy atom. The second kappa shape index (κ2) is 12.4. The number of rotatable bonds is 11. The van der Waals surface area contributed by atoms with Crippen molar-refractivity contribution in [3.05, 3.63) is 0 Å². The van der Waals surface area contributed by atoms with Gasteiger partial charge >= 0.3 is 11.9 Å². The fraction of sp³-hybridized carbons (Fsp3) is 0.846. The molecule has 0 aromatic carbocycles. The number of hydrogen-bond donors (Lipinski definition) is 0. The summed E-state index contributed by atoms with van der Waals surface area (Å²) >= 11 is 0. The predicted molar refractivity (Wildman–Crippen MR) is 67.2 cm³/mol. The van der Waals surface area contributed by atoms with E-state index >= 15 is 0 Å². The maximum Gasteiger partial charge on any atom is 0.306 e. The van der Waals surface area contributed by atoms with Gasteiger partial charge in [-0.15, -0.1) is 0 Å². The van der Waals surface area contributed by atoms with E-state index in [-0.39, 0.29) is 19.4 Å². The molecule has 0 saturated carbocycles. The van der Waals surface area contributed by atoms with Crippen LogP contribution in [0.4, 0.5) is 0 Å². The molecule has 18 heavy (non-hydrogen) atoms. The van der Waals surface area contributed by atoms with Crippen LogP contribution in [0.15, 0.2) is 0 Å². The fourth-order valence-corrected chi connectivity index (χ4v) is 1.33. The first kappa shape index (κ1) is 16.9. The lowest BCUT2D eigenvalue weighted by atomic mass is 10.2. The third-order valence-corrected chi connectivity index (χ3v) is 2.39. The first-order valence-corrected chi connectivity index (χ1v) is 6.50. The number of hydrogen-bond acceptors (Lipinski definition) is 5. The lowest BCUT2D eigenvalue weighted by molar-refractivity contribution is -0.149. The summed E-state index contributed by atoms with van der Waals surface area (Å²) in [5.74, 6) is -0.797. The molecule has 0 aliphatic heterocycles. The summed E-state index contributed by atoms with van der Waals surface area (Å²) in [6, 6.07) is 0. The molecule has 0 bridgehead atoms. The second-order valence-corrected chi connectivity index (χ2v) is 3.97. The van der Waals surface area contributed by atoms with E-state index in [9.17, 15) is 9.59 Å². The van der Waals surface area contributed by atoms with Gasteiger partial charge in [0.05, 0.1) is 26.6 Å². The molecule has 0 aromatic heterocycles. The van der Waals surface area contributed by atoms with Crippen molar-refractivity contribution in [1.82, 2.24) is 0 Å². The monoisotopic (exact) mass is 260 g/mol. The van der Waals surface area contributed by atoms with Crippen LogP contribution in [0.5, 0.6) is 0 Å². The van der Waals surface area contributed by atoms with E-state index in [1.165, 1.54) is 26.4 Å². The van der Waals surface area contributed by atoms with Crippen molar-refractivity contribution in [2.45, 2.75) is 45.4 Å². The van der Waals surface area contributed by atoms with Crippen LogP contribution in [0, 0.1) is 0 Å². The van der Waals surface area contributed by atoms with Gasteiger partial charge in [-0.2, -0.15) is 0 Å². The maximum absolute atomic E-state index is 11.2. The summed E-state index contributed by atoms with van der Waals surface area (Å²) < 4.78 is 14.6. The van der Waals surface area contributed by atoms with Crippen molar-refractivity contribution in [2.24, 2.45) is 0 Å². The molecular weight excluding hydrogens is 236 g/mol. The van der Waals surface area contributed by atoms with Gasteiger partial charge < -0.3 is 14.2 Å². The van der Waals surface area contributed by atoms with E-state index in [0.717, 1.165) is 6.42 Å². The third kappa shape index (κ3) is 11.4. The van der Waals surface area contributed by atoms with Crippen LogP contribution in [0.2, 0.25) is 0 Å². The molecule has 0 saturated heterocycles. The van der Waals surface area contributed by atoms with Gasteiger partial charge in [0.1, 0.15) is 6.61 Å². The van der Waals surface area contributed by atoms with Gasteiger partial charge in [0.15, 0.2) is 0 Å². The van der Waals surface area contributed by atoms with E-state index in [1.807, 2.05) is 0 Å². The first-order chi connectivity index (χ1) is 8.70. The molecule has 0 aliphatic carbocycles. The zero-order chi connectivity index (χ0) is 13.6. The highest BCUT2D eigenvalue weighted by atomic mass is 16.6. The number of ether oxygens (including phenoxy) is 3. The summed E-state index contributed by atoms with van der Waals surface area (Å²) in [6.07, 6.45) is 4.78. The topological polar surface area (TPSA) is 61.8 Å². The number of carbonyl (C=O) groups is 2. The van der Waals surface area contributed by atoms with Gasteiger partial charge in [-0.05, 0) is 6.42 Å². The molecular formula is C13H24O5. The molecule has 0 radical (unpaired) electrons. The standard InChI is InChI=1S/C13H24O5/c1-3-4-5-6-9-17-10-11-18-13(15)8-7-12(14)16-2/h3-11H2,1-2H3. The molecule has 5 heteroatoms. The largest absolute Gasteiger partial charge is 0.469 e. The Morgan fingerprint density at radius 2 is 1.61 bits per heavy atom. The van der Waals surface area contributed by atoms with Crippen LogP contribution in [-0.2, 0) is 23.8 Å². The SMILES string of the molecule is CCCCCCOCCOC(=O)CCC(=O)OC. The summed E-state index contributed by atoms with van der Waals surface area (Å²) in [5, 5.41) is 0. The molecule has 0 amide bonds. The molecule has 0 rings (SSSR count). The molecule has 0 atom stereocenters. The average Bonchev–Trinajstić information content (AvgIpc) is 2.39. The van der Waals surface area contributed by atoms with Gasteiger partial charge in [-0.3, -0.25) is 9.59 Å². The van der Waals surface area contributed by atoms with Crippen molar-refractivity contribution in [1.29, 1.82) is 0 Å². The minimum atomic E-state index is -0.404. The van der Waals surface area contributed by atoms with Crippen LogP contribution in [0.3, 0.4) is 0 Å². The van der Waals surface area contributed by atoms with E-state index in [2.05, 4.69) is 11.7 Å². The lowest BCUT2D eigenvalue weighted by Gasteiger charge is -2.05. The molecule has 0 fully saturated rings. The Kier molecular flexibility index (Phi) is 11.6. The highest BCUT2D eigenvalue weighted by Gasteiger charge is 2.07. The average molecular weight is 260 g/mol. The molecule has 106 valence electrons. The quantitative estimate of drug-likeness (QED) is 0.420. The van der Waals surface area contributed by atoms with Crippen molar-refractivity contribution >= 4 is 11.9 Å². The first-order valence-electron chi connectivity index (χ1n) is 6.50. The van der Waals surface area contributed by atoms with Crippen molar-refractivity contribution in [2.75, 3.05) is 26.9 Å². The number of methoxy groups -OCH3 is 1. The van der Waals surface area contributed by atoms with E-state index in [0.29, 0.717) is 13.2 Å². The zero-order valence-electron chi connectivity index (χ0n) is 11.4. The molecule has 0 aliphatic rings. The molecule has 5 nitrogen and oxygen atoms in total. The van der Waals surface area contributed by atoms with E-state index in [4.69, 9.17) is 9.47 Å². The van der Waals surface area contributed by atoms with Crippen LogP contribution >= 0.6 is 0 Å². The smallest absolute Gasteiger partial charge is 0.306 e. The maximum atomic E-state index is 11.2. The number of unbranched alkanes of at least 4 members (excludes halogenated alkanes) is 3. The van der Waals surface area contributed by atoms with Crippen LogP contribution < -0.4 is 0 Å². The van der Waals surface area contributed by atoms with Crippen LogP contribution in [0.25, 0.3) is 0 Å². The normalized spacial score (nSPS) is 10.1. The van der Waals surface area contributed by atoms with Crippen LogP contribution in [-0.4, -0.2) is 38.9 Å². The van der Waals surface area contributed by atoms with E-state index < -0.39 is 11.9 Å². The number of carbonyl (C=O) groups excluding carboxylic acids is 2. The van der Waals surface area contributed by atoms with E-state index in [1.54, 1.807) is 0 Å². The van der Waals surface area contributed by atoms with Crippen LogP contribution in [0.1, 0.15) is 45.4 Å². The highest BCUT2D eigenvalue weighted by molar-refractivity contribution is 5.77. The summed E-state index contributed by atoms with van der Waals surface area (Å²) in [6.45, 7) is 3.53. The summed E-state index contributed by atoms with van der Waals surface area (Å²) in [5.41, 5.74) is 0. The Balaban J connectivity index is 3.22. The van der Waals surface area contributed by atoms with Crippen molar-refractivity contribution in [3.8, 4) is 0 Å². The van der Waals surface area contributed by atoms with Gasteiger partial charge in [0, 0.05) is 6.61 Å². The second-order valence-electron chi connectivity index (χ2n) is 3.97. The minimum Gasteiger partial charge on any atom is -0.469 e. The lowest BCUT2D eigenvalue weighted by Crippen LogP contribution is -2.12. The molecule has 0 heterocycles. The highest BCUT2D eigenvalue weighted by Crippen LogP contribution is 1.99. The third-order valence-electron chi connectivity index (χ3n) is 2.39. The Hall–Kier alpha value is -1.10. The zero-order valence-corrected chi connectivity index (χ0v) is 11.4. The summed E-state index contributed by atoms with van der Waals surface area (Å²) in [7, 11) is 1.29. The molecule has 0 unspecified atom stereocenters. The molecule has 0 spiro atoms. The van der Waals surface area contributed by atoms with Gasteiger partial charge in [0.2, 0.25) is 0 Å². The molecule has 0 aromatic rings. The predicted octanol–water partition coefficient (Wildman–Crippen LogP) is 2.08.